The Morgan fingerprint density at radius 2 is 2.00 bits per heavy atom. The van der Waals surface area contributed by atoms with Crippen molar-refractivity contribution in [1.29, 1.82) is 0 Å². The van der Waals surface area contributed by atoms with Gasteiger partial charge in [0.15, 0.2) is 11.4 Å². The van der Waals surface area contributed by atoms with Crippen molar-refractivity contribution in [3.63, 3.8) is 0 Å². The number of piperidine rings is 1. The molecule has 4 rings (SSSR count). The number of alkyl halides is 1. The van der Waals surface area contributed by atoms with Gasteiger partial charge in [0.1, 0.15) is 11.9 Å². The van der Waals surface area contributed by atoms with Gasteiger partial charge in [0.05, 0.1) is 25.3 Å². The van der Waals surface area contributed by atoms with Crippen LogP contribution in [-0.4, -0.2) is 92.6 Å². The zero-order valence-electron chi connectivity index (χ0n) is 18.8. The minimum Gasteiger partial charge on any atom is -0.361 e. The van der Waals surface area contributed by atoms with Crippen molar-refractivity contribution >= 4 is 11.8 Å². The number of likely N-dealkylation sites (tertiary alicyclic amines) is 2. The second-order valence-corrected chi connectivity index (χ2v) is 8.87. The standard InChI is InChI=1S/C21H30FN7O3/c1-14-17(12-27-7-5-4-6-8-27)19(24-32-14)21(31)29-10-15(22)9-16(29)11-28-13-18(23-25-28)20(30)26(2)3/h13,15-16H,4-12H2,1-3H3/t15-,16-/m0/s1. The molecule has 0 spiro atoms. The molecule has 11 heteroatoms. The molecule has 32 heavy (non-hydrogen) atoms. The Hall–Kier alpha value is -2.82. The summed E-state index contributed by atoms with van der Waals surface area (Å²) in [4.78, 5) is 30.7. The van der Waals surface area contributed by atoms with Gasteiger partial charge in [-0.3, -0.25) is 14.5 Å². The van der Waals surface area contributed by atoms with E-state index in [1.807, 2.05) is 0 Å². The molecule has 2 aliphatic heterocycles. The Morgan fingerprint density at radius 1 is 1.25 bits per heavy atom. The number of rotatable bonds is 6. The van der Waals surface area contributed by atoms with Gasteiger partial charge in [-0.2, -0.15) is 0 Å². The normalized spacial score (nSPS) is 21.8. The molecule has 2 aliphatic rings. The lowest BCUT2D eigenvalue weighted by molar-refractivity contribution is 0.0701. The smallest absolute Gasteiger partial charge is 0.276 e. The van der Waals surface area contributed by atoms with Crippen LogP contribution >= 0.6 is 0 Å². The topological polar surface area (TPSA) is 101 Å². The van der Waals surface area contributed by atoms with Crippen LogP contribution in [0.5, 0.6) is 0 Å². The van der Waals surface area contributed by atoms with Gasteiger partial charge in [0, 0.05) is 32.6 Å². The summed E-state index contributed by atoms with van der Waals surface area (Å²) in [6.45, 7) is 4.62. The number of aromatic nitrogens is 4. The fourth-order valence-electron chi connectivity index (χ4n) is 4.43. The van der Waals surface area contributed by atoms with E-state index < -0.39 is 12.2 Å². The van der Waals surface area contributed by atoms with Gasteiger partial charge < -0.3 is 14.3 Å². The minimum absolute atomic E-state index is 0.00323. The molecule has 2 aromatic heterocycles. The van der Waals surface area contributed by atoms with Crippen LogP contribution in [0.4, 0.5) is 4.39 Å². The average molecular weight is 448 g/mol. The molecule has 0 radical (unpaired) electrons. The molecule has 174 valence electrons. The van der Waals surface area contributed by atoms with Crippen molar-refractivity contribution in [1.82, 2.24) is 34.9 Å². The van der Waals surface area contributed by atoms with Gasteiger partial charge in [-0.15, -0.1) is 5.10 Å². The lowest BCUT2D eigenvalue weighted by Gasteiger charge is -2.27. The van der Waals surface area contributed by atoms with Crippen molar-refractivity contribution in [2.75, 3.05) is 33.7 Å². The maximum absolute atomic E-state index is 14.4. The molecule has 0 aromatic carbocycles. The predicted molar refractivity (Wildman–Crippen MR) is 113 cm³/mol. The van der Waals surface area contributed by atoms with Crippen LogP contribution in [0.25, 0.3) is 0 Å². The Kier molecular flexibility index (Phi) is 6.54. The summed E-state index contributed by atoms with van der Waals surface area (Å²) < 4.78 is 21.2. The summed E-state index contributed by atoms with van der Waals surface area (Å²) in [6, 6.07) is -0.415. The number of hydrogen-bond acceptors (Lipinski definition) is 7. The third-order valence-electron chi connectivity index (χ3n) is 6.20. The van der Waals surface area contributed by atoms with Crippen LogP contribution in [-0.2, 0) is 13.1 Å². The molecule has 0 unspecified atom stereocenters. The zero-order chi connectivity index (χ0) is 22.8. The number of carbonyl (C=O) groups is 2. The van der Waals surface area contributed by atoms with Crippen LogP contribution < -0.4 is 0 Å². The molecule has 4 heterocycles. The Bertz CT molecular complexity index is 967. The van der Waals surface area contributed by atoms with Crippen molar-refractivity contribution in [3.05, 3.63) is 28.9 Å². The van der Waals surface area contributed by atoms with Crippen LogP contribution in [0.1, 0.15) is 58.0 Å². The Balaban J connectivity index is 1.50. The van der Waals surface area contributed by atoms with Gasteiger partial charge in [0.2, 0.25) is 0 Å². The van der Waals surface area contributed by atoms with E-state index in [0.717, 1.165) is 31.5 Å². The number of nitrogens with zero attached hydrogens (tertiary/aromatic N) is 7. The van der Waals surface area contributed by atoms with Crippen LogP contribution in [0.2, 0.25) is 0 Å². The van der Waals surface area contributed by atoms with E-state index in [9.17, 15) is 14.0 Å². The molecular formula is C21H30FN7O3. The second kappa shape index (κ2) is 9.35. The van der Waals surface area contributed by atoms with Crippen molar-refractivity contribution in [2.45, 2.75) is 57.9 Å². The van der Waals surface area contributed by atoms with Crippen LogP contribution in [0.15, 0.2) is 10.7 Å². The SMILES string of the molecule is Cc1onc(C(=O)N2C[C@@H](F)C[C@H]2Cn2cc(C(=O)N(C)C)nn2)c1CN1CCCCC1. The summed E-state index contributed by atoms with van der Waals surface area (Å²) in [7, 11) is 3.27. The highest BCUT2D eigenvalue weighted by atomic mass is 19.1. The van der Waals surface area contributed by atoms with Crippen LogP contribution in [0, 0.1) is 6.92 Å². The fraction of sp³-hybridized carbons (Fsp3) is 0.667. The first-order valence-electron chi connectivity index (χ1n) is 11.1. The van der Waals surface area contributed by atoms with Crippen molar-refractivity contribution in [3.8, 4) is 0 Å². The number of aryl methyl sites for hydroxylation is 1. The molecule has 2 aromatic rings. The highest BCUT2D eigenvalue weighted by molar-refractivity contribution is 5.94. The van der Waals surface area contributed by atoms with Crippen molar-refractivity contribution in [2.24, 2.45) is 0 Å². The van der Waals surface area contributed by atoms with E-state index >= 15 is 0 Å². The summed E-state index contributed by atoms with van der Waals surface area (Å²) in [5, 5.41) is 11.9. The van der Waals surface area contributed by atoms with E-state index in [2.05, 4.69) is 20.4 Å². The maximum Gasteiger partial charge on any atom is 0.276 e. The summed E-state index contributed by atoms with van der Waals surface area (Å²) in [6.07, 6.45) is 4.10. The zero-order valence-corrected chi connectivity index (χ0v) is 18.8. The van der Waals surface area contributed by atoms with Crippen LogP contribution in [0.3, 0.4) is 0 Å². The van der Waals surface area contributed by atoms with Gasteiger partial charge in [0.25, 0.3) is 11.8 Å². The average Bonchev–Trinajstić information content (AvgIpc) is 3.48. The van der Waals surface area contributed by atoms with E-state index in [1.54, 1.807) is 21.0 Å². The number of halogens is 1. The van der Waals surface area contributed by atoms with Gasteiger partial charge >= 0.3 is 0 Å². The predicted octanol–water partition coefficient (Wildman–Crippen LogP) is 1.52. The number of hydrogen-bond donors (Lipinski definition) is 0. The summed E-state index contributed by atoms with van der Waals surface area (Å²) in [5.74, 6) is 0.0256. The quantitative estimate of drug-likeness (QED) is 0.662. The first-order chi connectivity index (χ1) is 15.3. The second-order valence-electron chi connectivity index (χ2n) is 8.87. The van der Waals surface area contributed by atoms with E-state index in [0.29, 0.717) is 12.3 Å². The number of carbonyl (C=O) groups excluding carboxylic acids is 2. The van der Waals surface area contributed by atoms with E-state index in [1.165, 1.54) is 27.1 Å². The first-order valence-corrected chi connectivity index (χ1v) is 11.1. The molecule has 0 aliphatic carbocycles. The van der Waals surface area contributed by atoms with Crippen molar-refractivity contribution < 1.29 is 18.5 Å². The van der Waals surface area contributed by atoms with Gasteiger partial charge in [-0.05, 0) is 32.9 Å². The summed E-state index contributed by atoms with van der Waals surface area (Å²) in [5.41, 5.74) is 1.24. The van der Waals surface area contributed by atoms with Gasteiger partial charge in [-0.25, -0.2) is 9.07 Å². The molecule has 2 atom stereocenters. The third-order valence-corrected chi connectivity index (χ3v) is 6.20. The highest BCUT2D eigenvalue weighted by Gasteiger charge is 2.38. The number of amides is 2. The monoisotopic (exact) mass is 447 g/mol. The fourth-order valence-corrected chi connectivity index (χ4v) is 4.43. The Morgan fingerprint density at radius 3 is 2.72 bits per heavy atom. The largest absolute Gasteiger partial charge is 0.361 e. The molecule has 10 nitrogen and oxygen atoms in total. The molecule has 0 N–H and O–H groups in total. The molecule has 2 amide bonds. The molecule has 0 saturated carbocycles. The minimum atomic E-state index is -1.13. The lowest BCUT2D eigenvalue weighted by atomic mass is 10.1. The molecule has 2 saturated heterocycles. The lowest BCUT2D eigenvalue weighted by Crippen LogP contribution is -2.39. The Labute approximate surface area is 186 Å². The summed E-state index contributed by atoms with van der Waals surface area (Å²) >= 11 is 0. The van der Waals surface area contributed by atoms with E-state index in [-0.39, 0.29) is 42.7 Å². The molecular weight excluding hydrogens is 417 g/mol. The van der Waals surface area contributed by atoms with E-state index in [4.69, 9.17) is 4.52 Å². The maximum atomic E-state index is 14.4. The third kappa shape index (κ3) is 4.67. The molecule has 0 bridgehead atoms. The highest BCUT2D eigenvalue weighted by Crippen LogP contribution is 2.27. The first kappa shape index (κ1) is 22.4. The van der Waals surface area contributed by atoms with Gasteiger partial charge in [-0.1, -0.05) is 16.8 Å². The molecule has 2 fully saturated rings.